The Hall–Kier alpha value is -1.26. The topological polar surface area (TPSA) is 0 Å². The molecule has 1 aliphatic rings. The zero-order valence-corrected chi connectivity index (χ0v) is 19.7. The Labute approximate surface area is 215 Å². The van der Waals surface area contributed by atoms with Crippen molar-refractivity contribution in [1.82, 2.24) is 0 Å². The van der Waals surface area contributed by atoms with Crippen LogP contribution in [0.25, 0.3) is 0 Å². The lowest BCUT2D eigenvalue weighted by Gasteiger charge is -2.44. The van der Waals surface area contributed by atoms with Gasteiger partial charge >= 0.3 is 59.5 Å². The molecular weight excluding hydrogens is 730 g/mol. The Kier molecular flexibility index (Phi) is 8.85. The van der Waals surface area contributed by atoms with Gasteiger partial charge in [-0.3, -0.25) is 0 Å². The average Bonchev–Trinajstić information content (AvgIpc) is 3.18. The van der Waals surface area contributed by atoms with E-state index < -0.39 is 77.5 Å². The molecule has 0 radical (unpaired) electrons. The Morgan fingerprint density at radius 1 is 0.410 bits per heavy atom. The third kappa shape index (κ3) is 4.74. The first kappa shape index (κ1) is 35.8. The highest BCUT2D eigenvalue weighted by molar-refractivity contribution is 14.1. The molecule has 0 amide bonds. The summed E-state index contributed by atoms with van der Waals surface area (Å²) in [5.74, 6) is -76.8. The summed E-state index contributed by atoms with van der Waals surface area (Å²) in [6, 6.07) is 0. The van der Waals surface area contributed by atoms with E-state index in [1.165, 1.54) is 22.6 Å². The largest absolute Gasteiger partial charge is 0.460 e. The first-order valence-corrected chi connectivity index (χ1v) is 10.5. The summed E-state index contributed by atoms with van der Waals surface area (Å²) in [6.45, 7) is 0. The van der Waals surface area contributed by atoms with Gasteiger partial charge in [-0.1, -0.05) is 22.6 Å². The zero-order valence-electron chi connectivity index (χ0n) is 17.6. The lowest BCUT2D eigenvalue weighted by atomic mass is 9.86. The second kappa shape index (κ2) is 9.65. The molecule has 0 aliphatic heterocycles. The fourth-order valence-electron chi connectivity index (χ4n) is 2.96. The van der Waals surface area contributed by atoms with Gasteiger partial charge in [0, 0.05) is 0 Å². The second-order valence-corrected chi connectivity index (χ2v) is 8.50. The van der Waals surface area contributed by atoms with Crippen LogP contribution >= 0.6 is 22.6 Å². The van der Waals surface area contributed by atoms with Crippen molar-refractivity contribution in [2.24, 2.45) is 0 Å². The molecule has 0 aromatic heterocycles. The Bertz CT molecular complexity index is 983. The SMILES string of the molecule is FC(F)(F)C(F)(F)C(F)(F)C(F)(F)C(F)(F)C(F)(F)C(F)(F)C(F)(F)C(F)(F)C(F)(F)/C=C1\CCC\C1=C/I. The minimum absolute atomic E-state index is 0.134. The second-order valence-electron chi connectivity index (χ2n) is 7.87. The number of hydrogen-bond acceptors (Lipinski definition) is 0. The maximum absolute atomic E-state index is 14.0. The van der Waals surface area contributed by atoms with E-state index in [9.17, 15) is 92.2 Å². The smallest absolute Gasteiger partial charge is 0.195 e. The van der Waals surface area contributed by atoms with Crippen molar-refractivity contribution in [3.8, 4) is 0 Å². The first-order valence-electron chi connectivity index (χ1n) is 9.26. The van der Waals surface area contributed by atoms with E-state index in [1.807, 2.05) is 0 Å². The molecule has 0 heterocycles. The first-order chi connectivity index (χ1) is 16.8. The molecule has 0 aromatic rings. The van der Waals surface area contributed by atoms with Gasteiger partial charge in [-0.25, -0.2) is 0 Å². The molecule has 1 fully saturated rings. The van der Waals surface area contributed by atoms with Gasteiger partial charge in [0.05, 0.1) is 0 Å². The van der Waals surface area contributed by atoms with Crippen LogP contribution in [-0.2, 0) is 0 Å². The highest BCUT2D eigenvalue weighted by atomic mass is 127. The minimum atomic E-state index is -9.16. The third-order valence-corrected chi connectivity index (χ3v) is 6.08. The van der Waals surface area contributed by atoms with Crippen molar-refractivity contribution in [3.63, 3.8) is 0 Å². The molecule has 0 nitrogen and oxygen atoms in total. The molecule has 0 bridgehead atoms. The molecular formula is C17H8F21I. The van der Waals surface area contributed by atoms with E-state index >= 15 is 0 Å². The van der Waals surface area contributed by atoms with E-state index in [4.69, 9.17) is 0 Å². The summed E-state index contributed by atoms with van der Waals surface area (Å²) in [6.07, 6.45) is -10.1. The van der Waals surface area contributed by atoms with Crippen LogP contribution in [0.3, 0.4) is 0 Å². The van der Waals surface area contributed by atoms with Gasteiger partial charge in [0.1, 0.15) is 0 Å². The number of halogens is 22. The molecule has 0 saturated heterocycles. The van der Waals surface area contributed by atoms with Gasteiger partial charge in [-0.05, 0) is 40.6 Å². The fourth-order valence-corrected chi connectivity index (χ4v) is 3.67. The Balaban J connectivity index is 3.78. The van der Waals surface area contributed by atoms with Gasteiger partial charge in [0.25, 0.3) is 0 Å². The van der Waals surface area contributed by atoms with Crippen molar-refractivity contribution in [2.75, 3.05) is 0 Å². The zero-order chi connectivity index (χ0) is 31.7. The quantitative estimate of drug-likeness (QED) is 0.163. The molecule has 1 saturated carbocycles. The molecule has 22 heteroatoms. The molecule has 0 atom stereocenters. The van der Waals surface area contributed by atoms with Crippen molar-refractivity contribution in [2.45, 2.75) is 78.7 Å². The highest BCUT2D eigenvalue weighted by Gasteiger charge is 2.97. The van der Waals surface area contributed by atoms with Crippen LogP contribution in [0.2, 0.25) is 0 Å². The van der Waals surface area contributed by atoms with Gasteiger partial charge in [-0.15, -0.1) is 0 Å². The summed E-state index contributed by atoms with van der Waals surface area (Å²) in [5, 5.41) is 0. The molecule has 1 rings (SSSR count). The van der Waals surface area contributed by atoms with Crippen molar-refractivity contribution in [3.05, 3.63) is 21.3 Å². The van der Waals surface area contributed by atoms with Crippen molar-refractivity contribution in [1.29, 1.82) is 0 Å². The molecule has 0 spiro atoms. The van der Waals surface area contributed by atoms with E-state index in [1.54, 1.807) is 0 Å². The summed E-state index contributed by atoms with van der Waals surface area (Å²) in [7, 11) is 0. The van der Waals surface area contributed by atoms with Gasteiger partial charge in [0.2, 0.25) is 0 Å². The van der Waals surface area contributed by atoms with E-state index in [0.29, 0.717) is 0 Å². The summed E-state index contributed by atoms with van der Waals surface area (Å²) in [5.41, 5.74) is -1.27. The minimum Gasteiger partial charge on any atom is -0.195 e. The van der Waals surface area contributed by atoms with Gasteiger partial charge < -0.3 is 0 Å². The van der Waals surface area contributed by atoms with Gasteiger partial charge in [0.15, 0.2) is 0 Å². The number of rotatable bonds is 9. The maximum atomic E-state index is 14.0. The Morgan fingerprint density at radius 2 is 0.692 bits per heavy atom. The summed E-state index contributed by atoms with van der Waals surface area (Å²) >= 11 is 1.31. The maximum Gasteiger partial charge on any atom is 0.460 e. The predicted molar refractivity (Wildman–Crippen MR) is 94.6 cm³/mol. The third-order valence-electron chi connectivity index (χ3n) is 5.33. The molecule has 0 aromatic carbocycles. The predicted octanol–water partition coefficient (Wildman–Crippen LogP) is 9.70. The lowest BCUT2D eigenvalue weighted by Crippen LogP contribution is -2.76. The summed E-state index contributed by atoms with van der Waals surface area (Å²) < 4.78 is 281. The van der Waals surface area contributed by atoms with Crippen LogP contribution in [-0.4, -0.2) is 59.5 Å². The van der Waals surface area contributed by atoms with Gasteiger partial charge in [-0.2, -0.15) is 92.2 Å². The average molecular weight is 738 g/mol. The van der Waals surface area contributed by atoms with E-state index in [0.717, 1.165) is 4.08 Å². The van der Waals surface area contributed by atoms with Crippen LogP contribution in [0, 0.1) is 0 Å². The molecule has 1 aliphatic carbocycles. The van der Waals surface area contributed by atoms with E-state index in [2.05, 4.69) is 0 Å². The van der Waals surface area contributed by atoms with Crippen LogP contribution in [0.5, 0.6) is 0 Å². The molecule has 230 valence electrons. The van der Waals surface area contributed by atoms with Crippen molar-refractivity contribution < 1.29 is 92.2 Å². The van der Waals surface area contributed by atoms with Crippen LogP contribution in [0.15, 0.2) is 21.3 Å². The van der Waals surface area contributed by atoms with E-state index in [-0.39, 0.29) is 18.4 Å². The molecule has 0 unspecified atom stereocenters. The molecule has 39 heavy (non-hydrogen) atoms. The number of hydrogen-bond donors (Lipinski definition) is 0. The lowest BCUT2D eigenvalue weighted by molar-refractivity contribution is -0.473. The number of allylic oxidation sites excluding steroid dienone is 3. The van der Waals surface area contributed by atoms with Crippen LogP contribution < -0.4 is 0 Å². The van der Waals surface area contributed by atoms with Crippen molar-refractivity contribution >= 4 is 22.6 Å². The summed E-state index contributed by atoms with van der Waals surface area (Å²) in [4.78, 5) is 0. The standard InChI is InChI=1S/C17H8F21I/c18-8(19,4-6-2-1-3-7(6)5-39)9(20,21)10(22,23)11(24,25)12(26,27)13(28,29)14(30,31)15(32,33)16(34,35)17(36,37)38/h4-5H,1-3H2/b6-4+,7-5+. The number of alkyl halides is 21. The van der Waals surface area contributed by atoms with Crippen LogP contribution in [0.1, 0.15) is 19.3 Å². The molecule has 0 N–H and O–H groups in total. The highest BCUT2D eigenvalue weighted by Crippen LogP contribution is 2.66. The monoisotopic (exact) mass is 738 g/mol. The van der Waals surface area contributed by atoms with Crippen LogP contribution in [0.4, 0.5) is 92.2 Å². The normalized spacial score (nSPS) is 20.4. The fraction of sp³-hybridized carbons (Fsp3) is 0.765. The Morgan fingerprint density at radius 3 is 1.00 bits per heavy atom.